The standard InChI is InChI=1S/C10H11F2NO/c1-5-4-7(10(11)12)13-8(9(5)14)6-2-3-6/h4,6,10,14H,2-3H2,1H3. The average molecular weight is 199 g/mol. The van der Waals surface area contributed by atoms with Crippen molar-refractivity contribution in [2.24, 2.45) is 0 Å². The molecule has 0 spiro atoms. The second-order valence-corrected chi connectivity index (χ2v) is 3.67. The van der Waals surface area contributed by atoms with Crippen LogP contribution in [0, 0.1) is 6.92 Å². The second kappa shape index (κ2) is 3.19. The third-order valence-corrected chi connectivity index (χ3v) is 2.42. The van der Waals surface area contributed by atoms with E-state index >= 15 is 0 Å². The molecule has 0 atom stereocenters. The van der Waals surface area contributed by atoms with Gasteiger partial charge in [-0.25, -0.2) is 13.8 Å². The van der Waals surface area contributed by atoms with Gasteiger partial charge in [0.1, 0.15) is 11.4 Å². The van der Waals surface area contributed by atoms with E-state index in [9.17, 15) is 13.9 Å². The normalized spacial score (nSPS) is 16.3. The first-order valence-corrected chi connectivity index (χ1v) is 4.58. The van der Waals surface area contributed by atoms with Crippen LogP contribution in [0.4, 0.5) is 8.78 Å². The summed E-state index contributed by atoms with van der Waals surface area (Å²) in [6, 6.07) is 1.24. The zero-order chi connectivity index (χ0) is 10.3. The van der Waals surface area contributed by atoms with Crippen LogP contribution in [0.15, 0.2) is 6.07 Å². The van der Waals surface area contributed by atoms with Crippen molar-refractivity contribution in [3.8, 4) is 5.75 Å². The van der Waals surface area contributed by atoms with Gasteiger partial charge in [0.25, 0.3) is 6.43 Å². The minimum atomic E-state index is -2.56. The van der Waals surface area contributed by atoms with E-state index < -0.39 is 6.43 Å². The van der Waals surface area contributed by atoms with Crippen molar-refractivity contribution in [3.05, 3.63) is 23.0 Å². The zero-order valence-electron chi connectivity index (χ0n) is 7.80. The number of hydrogen-bond donors (Lipinski definition) is 1. The van der Waals surface area contributed by atoms with Crippen molar-refractivity contribution in [3.63, 3.8) is 0 Å². The average Bonchev–Trinajstić information content (AvgIpc) is 2.92. The molecule has 0 amide bonds. The highest BCUT2D eigenvalue weighted by Crippen LogP contribution is 2.44. The van der Waals surface area contributed by atoms with Crippen LogP contribution in [0.1, 0.15) is 42.1 Å². The summed E-state index contributed by atoms with van der Waals surface area (Å²) in [6.45, 7) is 1.62. The molecule has 1 aliphatic carbocycles. The number of pyridine rings is 1. The molecule has 0 aromatic carbocycles. The molecule has 0 saturated heterocycles. The molecule has 2 rings (SSSR count). The number of nitrogens with zero attached hydrogens (tertiary/aromatic N) is 1. The first-order chi connectivity index (χ1) is 6.59. The minimum absolute atomic E-state index is 0.0805. The summed E-state index contributed by atoms with van der Waals surface area (Å²) in [5.74, 6) is 0.268. The molecule has 1 saturated carbocycles. The monoisotopic (exact) mass is 199 g/mol. The van der Waals surface area contributed by atoms with Crippen LogP contribution >= 0.6 is 0 Å². The molecule has 1 aromatic heterocycles. The van der Waals surface area contributed by atoms with Gasteiger partial charge in [0, 0.05) is 5.92 Å². The van der Waals surface area contributed by atoms with Gasteiger partial charge in [-0.15, -0.1) is 0 Å². The summed E-state index contributed by atoms with van der Waals surface area (Å²) in [4.78, 5) is 3.79. The predicted molar refractivity (Wildman–Crippen MR) is 47.6 cm³/mol. The van der Waals surface area contributed by atoms with Crippen LogP contribution in [0.2, 0.25) is 0 Å². The van der Waals surface area contributed by atoms with Gasteiger partial charge in [-0.1, -0.05) is 0 Å². The third-order valence-electron chi connectivity index (χ3n) is 2.42. The molecule has 1 N–H and O–H groups in total. The molecule has 76 valence electrons. The highest BCUT2D eigenvalue weighted by molar-refractivity contribution is 5.40. The van der Waals surface area contributed by atoms with Gasteiger partial charge in [0.15, 0.2) is 0 Å². The lowest BCUT2D eigenvalue weighted by Crippen LogP contribution is -1.97. The fourth-order valence-electron chi connectivity index (χ4n) is 1.47. The fraction of sp³-hybridized carbons (Fsp3) is 0.500. The molecule has 0 radical (unpaired) electrons. The molecule has 1 fully saturated rings. The van der Waals surface area contributed by atoms with Crippen molar-refractivity contribution >= 4 is 0 Å². The van der Waals surface area contributed by atoms with E-state index in [4.69, 9.17) is 0 Å². The number of aromatic hydroxyl groups is 1. The summed E-state index contributed by atoms with van der Waals surface area (Å²) in [6.07, 6.45) is -0.689. The van der Waals surface area contributed by atoms with Crippen LogP contribution < -0.4 is 0 Å². The maximum Gasteiger partial charge on any atom is 0.280 e. The Bertz CT molecular complexity index is 361. The van der Waals surface area contributed by atoms with Crippen molar-refractivity contribution < 1.29 is 13.9 Å². The smallest absolute Gasteiger partial charge is 0.280 e. The van der Waals surface area contributed by atoms with Crippen LogP contribution in [0.3, 0.4) is 0 Å². The van der Waals surface area contributed by atoms with Gasteiger partial charge in [-0.3, -0.25) is 0 Å². The minimum Gasteiger partial charge on any atom is -0.506 e. The Morgan fingerprint density at radius 1 is 1.50 bits per heavy atom. The van der Waals surface area contributed by atoms with Crippen LogP contribution in [-0.4, -0.2) is 10.1 Å². The molecular weight excluding hydrogens is 188 g/mol. The summed E-state index contributed by atoms with van der Waals surface area (Å²) in [7, 11) is 0. The molecule has 2 nitrogen and oxygen atoms in total. The summed E-state index contributed by atoms with van der Waals surface area (Å²) >= 11 is 0. The Labute approximate surface area is 80.6 Å². The van der Waals surface area contributed by atoms with E-state index in [0.29, 0.717) is 11.3 Å². The number of halogens is 2. The van der Waals surface area contributed by atoms with Gasteiger partial charge in [0.05, 0.1) is 5.69 Å². The van der Waals surface area contributed by atoms with Gasteiger partial charge in [-0.2, -0.15) is 0 Å². The number of hydrogen-bond acceptors (Lipinski definition) is 2. The Hall–Kier alpha value is -1.19. The van der Waals surface area contributed by atoms with E-state index in [2.05, 4.69) is 4.98 Å². The second-order valence-electron chi connectivity index (χ2n) is 3.67. The van der Waals surface area contributed by atoms with Crippen molar-refractivity contribution in [2.75, 3.05) is 0 Å². The van der Waals surface area contributed by atoms with Crippen molar-refractivity contribution in [1.29, 1.82) is 0 Å². The van der Waals surface area contributed by atoms with Crippen LogP contribution in [0.25, 0.3) is 0 Å². The Morgan fingerprint density at radius 3 is 2.64 bits per heavy atom. The topological polar surface area (TPSA) is 33.1 Å². The summed E-state index contributed by atoms with van der Waals surface area (Å²) in [5.41, 5.74) is 0.694. The number of aryl methyl sites for hydroxylation is 1. The zero-order valence-corrected chi connectivity index (χ0v) is 7.80. The van der Waals surface area contributed by atoms with E-state index in [-0.39, 0.29) is 17.4 Å². The molecule has 1 aromatic rings. The lowest BCUT2D eigenvalue weighted by Gasteiger charge is -2.08. The largest absolute Gasteiger partial charge is 0.506 e. The van der Waals surface area contributed by atoms with Gasteiger partial charge >= 0.3 is 0 Å². The van der Waals surface area contributed by atoms with Crippen molar-refractivity contribution in [2.45, 2.75) is 32.1 Å². The highest BCUT2D eigenvalue weighted by Gasteiger charge is 2.29. The van der Waals surface area contributed by atoms with E-state index in [0.717, 1.165) is 12.8 Å². The Morgan fingerprint density at radius 2 is 2.14 bits per heavy atom. The van der Waals surface area contributed by atoms with E-state index in [1.165, 1.54) is 6.07 Å². The van der Waals surface area contributed by atoms with Crippen LogP contribution in [-0.2, 0) is 0 Å². The SMILES string of the molecule is Cc1cc(C(F)F)nc(C2CC2)c1O. The number of aromatic nitrogens is 1. The van der Waals surface area contributed by atoms with Gasteiger partial charge in [-0.05, 0) is 31.4 Å². The molecule has 1 aliphatic rings. The van der Waals surface area contributed by atoms with E-state index in [1.807, 2.05) is 0 Å². The third kappa shape index (κ3) is 1.56. The quantitative estimate of drug-likeness (QED) is 0.794. The Balaban J connectivity index is 2.46. The molecule has 0 aliphatic heterocycles. The lowest BCUT2D eigenvalue weighted by atomic mass is 10.1. The molecule has 1 heterocycles. The maximum absolute atomic E-state index is 12.4. The summed E-state index contributed by atoms with van der Waals surface area (Å²) < 4.78 is 24.8. The Kier molecular flexibility index (Phi) is 2.13. The fourth-order valence-corrected chi connectivity index (χ4v) is 1.47. The molecule has 0 bridgehead atoms. The summed E-state index contributed by atoms with van der Waals surface area (Å²) in [5, 5.41) is 9.61. The number of alkyl halides is 2. The molecular formula is C10H11F2NO. The molecule has 14 heavy (non-hydrogen) atoms. The van der Waals surface area contributed by atoms with Crippen LogP contribution in [0.5, 0.6) is 5.75 Å². The predicted octanol–water partition coefficient (Wildman–Crippen LogP) is 2.91. The molecule has 4 heteroatoms. The highest BCUT2D eigenvalue weighted by atomic mass is 19.3. The van der Waals surface area contributed by atoms with Crippen molar-refractivity contribution in [1.82, 2.24) is 4.98 Å². The first-order valence-electron chi connectivity index (χ1n) is 4.58. The van der Waals surface area contributed by atoms with E-state index in [1.54, 1.807) is 6.92 Å². The molecule has 0 unspecified atom stereocenters. The van der Waals surface area contributed by atoms with Gasteiger partial charge in [0.2, 0.25) is 0 Å². The maximum atomic E-state index is 12.4. The number of rotatable bonds is 2. The first kappa shape index (κ1) is 9.37. The lowest BCUT2D eigenvalue weighted by molar-refractivity contribution is 0.145. The van der Waals surface area contributed by atoms with Gasteiger partial charge < -0.3 is 5.11 Å².